The summed E-state index contributed by atoms with van der Waals surface area (Å²) in [5.41, 5.74) is 4.82. The first kappa shape index (κ1) is 13.9. The molecule has 0 bridgehead atoms. The number of likely N-dealkylation sites (N-methyl/N-ethyl adjacent to an activating group) is 1. The Balaban J connectivity index is 2.40. The van der Waals surface area contributed by atoms with Crippen molar-refractivity contribution >= 4 is 0 Å². The van der Waals surface area contributed by atoms with E-state index >= 15 is 0 Å². The molecule has 1 heterocycles. The first-order valence-corrected chi connectivity index (χ1v) is 6.29. The molecule has 0 radical (unpaired) electrons. The molecule has 1 fully saturated rings. The Kier molecular flexibility index (Phi) is 5.18. The minimum absolute atomic E-state index is 0.342. The average Bonchev–Trinajstić information content (AvgIpc) is 2.37. The van der Waals surface area contributed by atoms with Crippen molar-refractivity contribution in [1.82, 2.24) is 9.80 Å². The molecule has 2 atom stereocenters. The lowest BCUT2D eigenvalue weighted by Crippen LogP contribution is -2.43. The fourth-order valence-electron chi connectivity index (χ4n) is 2.24. The minimum Gasteiger partial charge on any atom is -0.389 e. The van der Waals surface area contributed by atoms with E-state index in [4.69, 9.17) is 5.73 Å². The van der Waals surface area contributed by atoms with Gasteiger partial charge in [0.2, 0.25) is 0 Å². The summed E-state index contributed by atoms with van der Waals surface area (Å²) in [5.74, 6) is 0. The normalized spacial score (nSPS) is 28.7. The molecule has 0 aromatic heterocycles. The van der Waals surface area contributed by atoms with Crippen LogP contribution in [-0.4, -0.2) is 66.3 Å². The summed E-state index contributed by atoms with van der Waals surface area (Å²) in [7, 11) is 2.18. The van der Waals surface area contributed by atoms with E-state index in [1.807, 2.05) is 6.92 Å². The van der Waals surface area contributed by atoms with E-state index < -0.39 is 5.60 Å². The van der Waals surface area contributed by atoms with Gasteiger partial charge in [-0.1, -0.05) is 0 Å². The summed E-state index contributed by atoms with van der Waals surface area (Å²) in [5, 5.41) is 9.90. The van der Waals surface area contributed by atoms with Gasteiger partial charge >= 0.3 is 0 Å². The Morgan fingerprint density at radius 2 is 2.12 bits per heavy atom. The fourth-order valence-corrected chi connectivity index (χ4v) is 2.24. The minimum atomic E-state index is -0.710. The van der Waals surface area contributed by atoms with Crippen molar-refractivity contribution in [3.63, 3.8) is 0 Å². The summed E-state index contributed by atoms with van der Waals surface area (Å²) < 4.78 is 0. The highest BCUT2D eigenvalue weighted by molar-refractivity contribution is 4.80. The van der Waals surface area contributed by atoms with Crippen LogP contribution in [0.15, 0.2) is 0 Å². The second-order valence-electron chi connectivity index (χ2n) is 5.45. The summed E-state index contributed by atoms with van der Waals surface area (Å²) in [6.07, 6.45) is 1.98. The van der Waals surface area contributed by atoms with E-state index in [-0.39, 0.29) is 0 Å². The molecule has 1 rings (SSSR count). The van der Waals surface area contributed by atoms with Crippen molar-refractivity contribution in [1.29, 1.82) is 0 Å². The monoisotopic (exact) mass is 229 g/mol. The zero-order valence-corrected chi connectivity index (χ0v) is 10.9. The topological polar surface area (TPSA) is 52.7 Å². The quantitative estimate of drug-likeness (QED) is 0.718. The highest BCUT2D eigenvalue weighted by atomic mass is 16.3. The molecule has 0 aromatic carbocycles. The molecule has 4 nitrogen and oxygen atoms in total. The van der Waals surface area contributed by atoms with E-state index in [1.165, 1.54) is 13.0 Å². The molecule has 0 aliphatic carbocycles. The van der Waals surface area contributed by atoms with Crippen molar-refractivity contribution in [3.8, 4) is 0 Å². The maximum Gasteiger partial charge on any atom is 0.0753 e. The molecule has 16 heavy (non-hydrogen) atoms. The number of hydrogen-bond donors (Lipinski definition) is 2. The van der Waals surface area contributed by atoms with Crippen LogP contribution in [0.2, 0.25) is 0 Å². The molecule has 0 amide bonds. The second kappa shape index (κ2) is 5.96. The van der Waals surface area contributed by atoms with Gasteiger partial charge in [0.15, 0.2) is 0 Å². The first-order valence-electron chi connectivity index (χ1n) is 6.29. The maximum atomic E-state index is 9.90. The van der Waals surface area contributed by atoms with Crippen molar-refractivity contribution < 1.29 is 5.11 Å². The van der Waals surface area contributed by atoms with Crippen LogP contribution >= 0.6 is 0 Å². The number of aliphatic hydroxyl groups is 1. The summed E-state index contributed by atoms with van der Waals surface area (Å²) in [6.45, 7) is 8.79. The third kappa shape index (κ3) is 4.37. The van der Waals surface area contributed by atoms with Gasteiger partial charge in [0.25, 0.3) is 0 Å². The first-order chi connectivity index (χ1) is 7.44. The van der Waals surface area contributed by atoms with Crippen molar-refractivity contribution in [2.24, 2.45) is 5.73 Å². The summed E-state index contributed by atoms with van der Waals surface area (Å²) >= 11 is 0. The molecule has 4 heteroatoms. The molecule has 96 valence electrons. The summed E-state index contributed by atoms with van der Waals surface area (Å²) in [4.78, 5) is 4.85. The average molecular weight is 229 g/mol. The lowest BCUT2D eigenvalue weighted by Gasteiger charge is -2.31. The number of nitrogens with two attached hydrogens (primary N) is 1. The molecule has 0 aromatic rings. The smallest absolute Gasteiger partial charge is 0.0753 e. The van der Waals surface area contributed by atoms with Gasteiger partial charge in [-0.3, -0.25) is 4.90 Å². The predicted octanol–water partition coefficient (Wildman–Crippen LogP) is 0.112. The van der Waals surface area contributed by atoms with Crippen LogP contribution in [0.5, 0.6) is 0 Å². The Bertz CT molecular complexity index is 208. The van der Waals surface area contributed by atoms with Crippen LogP contribution in [0.3, 0.4) is 0 Å². The van der Waals surface area contributed by atoms with Gasteiger partial charge in [-0.2, -0.15) is 0 Å². The van der Waals surface area contributed by atoms with Crippen LogP contribution in [0.1, 0.15) is 26.7 Å². The number of hydrogen-bond acceptors (Lipinski definition) is 4. The Hall–Kier alpha value is -0.160. The van der Waals surface area contributed by atoms with Gasteiger partial charge in [-0.15, -0.1) is 0 Å². The Morgan fingerprint density at radius 3 is 2.75 bits per heavy atom. The molecular weight excluding hydrogens is 202 g/mol. The van der Waals surface area contributed by atoms with Crippen LogP contribution in [0.4, 0.5) is 0 Å². The predicted molar refractivity (Wildman–Crippen MR) is 67.4 cm³/mol. The summed E-state index contributed by atoms with van der Waals surface area (Å²) in [6, 6.07) is 0.570. The molecule has 0 spiro atoms. The lowest BCUT2D eigenvalue weighted by molar-refractivity contribution is 0.0430. The van der Waals surface area contributed by atoms with Crippen molar-refractivity contribution in [2.75, 3.05) is 39.8 Å². The third-order valence-electron chi connectivity index (χ3n) is 3.56. The van der Waals surface area contributed by atoms with Gasteiger partial charge in [0, 0.05) is 25.7 Å². The maximum absolute atomic E-state index is 9.90. The van der Waals surface area contributed by atoms with Crippen LogP contribution in [0, 0.1) is 0 Å². The number of rotatable bonds is 4. The molecule has 1 aliphatic heterocycles. The highest BCUT2D eigenvalue weighted by Gasteiger charge is 2.23. The molecule has 2 unspecified atom stereocenters. The van der Waals surface area contributed by atoms with E-state index in [2.05, 4.69) is 23.8 Å². The van der Waals surface area contributed by atoms with Gasteiger partial charge in [-0.25, -0.2) is 0 Å². The Labute approximate surface area is 99.4 Å². The van der Waals surface area contributed by atoms with Gasteiger partial charge in [-0.05, 0) is 46.8 Å². The van der Waals surface area contributed by atoms with E-state index in [1.54, 1.807) is 0 Å². The standard InChI is InChI=1S/C12H27N3O/c1-11-9-14(3)6-4-7-15(11)8-5-12(2,16)10-13/h11,16H,4-10,13H2,1-3H3. The van der Waals surface area contributed by atoms with Crippen LogP contribution in [0.25, 0.3) is 0 Å². The van der Waals surface area contributed by atoms with Gasteiger partial charge < -0.3 is 15.7 Å². The molecule has 3 N–H and O–H groups in total. The van der Waals surface area contributed by atoms with Crippen LogP contribution < -0.4 is 5.73 Å². The van der Waals surface area contributed by atoms with E-state index in [0.717, 1.165) is 26.1 Å². The molecular formula is C12H27N3O. The number of nitrogens with zero attached hydrogens (tertiary/aromatic N) is 2. The molecule has 1 saturated heterocycles. The van der Waals surface area contributed by atoms with E-state index in [9.17, 15) is 5.11 Å². The van der Waals surface area contributed by atoms with Crippen molar-refractivity contribution in [3.05, 3.63) is 0 Å². The Morgan fingerprint density at radius 1 is 1.44 bits per heavy atom. The lowest BCUT2D eigenvalue weighted by atomic mass is 10.0. The molecule has 0 saturated carbocycles. The SMILES string of the molecule is CC1CN(C)CCCN1CCC(C)(O)CN. The van der Waals surface area contributed by atoms with E-state index in [0.29, 0.717) is 12.6 Å². The van der Waals surface area contributed by atoms with Gasteiger partial charge in [0.05, 0.1) is 5.60 Å². The second-order valence-corrected chi connectivity index (χ2v) is 5.45. The zero-order chi connectivity index (χ0) is 12.2. The van der Waals surface area contributed by atoms with Crippen LogP contribution in [-0.2, 0) is 0 Å². The largest absolute Gasteiger partial charge is 0.389 e. The highest BCUT2D eigenvalue weighted by Crippen LogP contribution is 2.13. The zero-order valence-electron chi connectivity index (χ0n) is 10.9. The third-order valence-corrected chi connectivity index (χ3v) is 3.56. The molecule has 1 aliphatic rings. The fraction of sp³-hybridized carbons (Fsp3) is 1.00. The van der Waals surface area contributed by atoms with Gasteiger partial charge in [0.1, 0.15) is 0 Å². The van der Waals surface area contributed by atoms with Crippen molar-refractivity contribution in [2.45, 2.75) is 38.3 Å².